The molecule has 0 N–H and O–H groups in total. The number of aromatic nitrogens is 1. The van der Waals surface area contributed by atoms with Crippen molar-refractivity contribution in [3.63, 3.8) is 0 Å². The van der Waals surface area contributed by atoms with Crippen LogP contribution in [0.2, 0.25) is 5.02 Å². The van der Waals surface area contributed by atoms with E-state index in [-0.39, 0.29) is 46.1 Å². The number of anilines is 1. The molecule has 1 amide bonds. The summed E-state index contributed by atoms with van der Waals surface area (Å²) in [6.45, 7) is 6.04. The number of benzene rings is 3. The van der Waals surface area contributed by atoms with Crippen LogP contribution in [-0.2, 0) is 4.79 Å². The molecule has 3 fully saturated rings. The first-order valence-corrected chi connectivity index (χ1v) is 15.2. The number of halogens is 3. The van der Waals surface area contributed by atoms with Gasteiger partial charge in [0.1, 0.15) is 29.9 Å². The van der Waals surface area contributed by atoms with E-state index < -0.39 is 11.6 Å². The molecule has 0 saturated carbocycles. The fourth-order valence-corrected chi connectivity index (χ4v) is 7.40. The smallest absolute Gasteiger partial charge is 0.246 e. The van der Waals surface area contributed by atoms with Crippen LogP contribution in [0.5, 0.6) is 5.88 Å². The van der Waals surface area contributed by atoms with Gasteiger partial charge in [0.25, 0.3) is 0 Å². The number of nitriles is 1. The minimum absolute atomic E-state index is 0.0244. The lowest BCUT2D eigenvalue weighted by Crippen LogP contribution is -2.63. The van der Waals surface area contributed by atoms with E-state index in [2.05, 4.69) is 29.5 Å². The monoisotopic (exact) mass is 613 g/mol. The summed E-state index contributed by atoms with van der Waals surface area (Å²) in [6.07, 6.45) is 4.08. The van der Waals surface area contributed by atoms with Crippen molar-refractivity contribution >= 4 is 44.9 Å². The summed E-state index contributed by atoms with van der Waals surface area (Å²) >= 11 is 6.41. The maximum absolute atomic E-state index is 16.2. The largest absolute Gasteiger partial charge is 0.475 e. The Hall–Kier alpha value is -4.26. The number of fused-ring (bicyclic) bond motifs is 3. The van der Waals surface area contributed by atoms with E-state index in [1.807, 2.05) is 0 Å². The predicted octanol–water partition coefficient (Wildman–Crippen LogP) is 6.31. The third-order valence-electron chi connectivity index (χ3n) is 9.47. The van der Waals surface area contributed by atoms with Crippen LogP contribution < -0.4 is 9.64 Å². The second-order valence-electron chi connectivity index (χ2n) is 11.8. The van der Waals surface area contributed by atoms with Crippen molar-refractivity contribution in [2.24, 2.45) is 0 Å². The summed E-state index contributed by atoms with van der Waals surface area (Å²) in [7, 11) is 2.05. The van der Waals surface area contributed by atoms with E-state index in [0.29, 0.717) is 59.0 Å². The quantitative estimate of drug-likeness (QED) is 0.238. The highest BCUT2D eigenvalue weighted by Crippen LogP contribution is 2.45. The average molecular weight is 614 g/mol. The lowest BCUT2D eigenvalue weighted by molar-refractivity contribution is -0.127. The lowest BCUT2D eigenvalue weighted by atomic mass is 9.92. The molecule has 3 aromatic carbocycles. The molecular formula is C34H30ClF2N5O2. The van der Waals surface area contributed by atoms with Crippen LogP contribution in [0.3, 0.4) is 0 Å². The van der Waals surface area contributed by atoms with Gasteiger partial charge in [0.15, 0.2) is 0 Å². The molecule has 7 nitrogen and oxygen atoms in total. The van der Waals surface area contributed by atoms with Crippen molar-refractivity contribution < 1.29 is 18.3 Å². The third-order valence-corrected chi connectivity index (χ3v) is 9.84. The molecule has 3 atom stereocenters. The zero-order valence-electron chi connectivity index (χ0n) is 24.2. The molecule has 3 aliphatic heterocycles. The van der Waals surface area contributed by atoms with Crippen LogP contribution in [0, 0.1) is 23.0 Å². The van der Waals surface area contributed by atoms with Gasteiger partial charge >= 0.3 is 0 Å². The van der Waals surface area contributed by atoms with Crippen LogP contribution in [0.4, 0.5) is 14.5 Å². The molecule has 0 radical (unpaired) electrons. The number of rotatable bonds is 6. The van der Waals surface area contributed by atoms with Gasteiger partial charge < -0.3 is 19.4 Å². The second-order valence-corrected chi connectivity index (χ2v) is 12.1. The van der Waals surface area contributed by atoms with E-state index in [0.717, 1.165) is 19.4 Å². The number of hydrogen-bond donors (Lipinski definition) is 0. The number of ether oxygens (including phenoxy) is 1. The number of amides is 1. The molecule has 4 heterocycles. The van der Waals surface area contributed by atoms with Crippen molar-refractivity contribution in [3.05, 3.63) is 77.3 Å². The summed E-state index contributed by atoms with van der Waals surface area (Å²) in [5.41, 5.74) is 1.88. The molecule has 0 unspecified atom stereocenters. The Morgan fingerprint density at radius 3 is 2.75 bits per heavy atom. The molecule has 0 bridgehead atoms. The number of pyridine rings is 1. The van der Waals surface area contributed by atoms with E-state index in [1.54, 1.807) is 35.2 Å². The number of carbonyl (C=O) groups is 1. The molecule has 224 valence electrons. The molecule has 1 aromatic heterocycles. The molecule has 0 aliphatic carbocycles. The highest BCUT2D eigenvalue weighted by atomic mass is 35.5. The van der Waals surface area contributed by atoms with Gasteiger partial charge in [0.2, 0.25) is 11.8 Å². The van der Waals surface area contributed by atoms with E-state index >= 15 is 4.39 Å². The van der Waals surface area contributed by atoms with Crippen molar-refractivity contribution in [2.75, 3.05) is 38.2 Å². The average Bonchev–Trinajstić information content (AvgIpc) is 3.58. The van der Waals surface area contributed by atoms with Crippen molar-refractivity contribution in [1.29, 1.82) is 5.26 Å². The summed E-state index contributed by atoms with van der Waals surface area (Å²) in [5.74, 6) is -1.07. The van der Waals surface area contributed by atoms with Gasteiger partial charge in [-0.1, -0.05) is 42.4 Å². The van der Waals surface area contributed by atoms with Crippen LogP contribution in [0.25, 0.3) is 32.8 Å². The number of nitrogens with zero attached hydrogens (tertiary/aromatic N) is 5. The number of likely N-dealkylation sites (N-methyl/N-ethyl adjacent to an activating group) is 1. The first-order chi connectivity index (χ1) is 21.3. The SMILES string of the molecule is C=CC(=O)N1CC[C@@H]2[C@H]1CN2c1c(C#N)c(OC[C@@H]2CCCN2C)nc2cc(-c3cccc4ccc(F)c(Cl)c34)c(F)cc12. The summed E-state index contributed by atoms with van der Waals surface area (Å²) in [5, 5.41) is 11.9. The lowest BCUT2D eigenvalue weighted by Gasteiger charge is -2.48. The number of hydrogen-bond acceptors (Lipinski definition) is 6. The van der Waals surface area contributed by atoms with Crippen molar-refractivity contribution in [3.8, 4) is 23.1 Å². The van der Waals surface area contributed by atoms with Crippen LogP contribution in [-0.4, -0.2) is 72.1 Å². The Bertz CT molecular complexity index is 1890. The summed E-state index contributed by atoms with van der Waals surface area (Å²) < 4.78 is 37.0. The zero-order valence-corrected chi connectivity index (χ0v) is 25.0. The standard InChI is InChI=1S/C34H30ClF2N5O2/c1-3-30(43)41-13-11-28-29(41)17-42(28)33-23-14-26(37)22(21-8-4-6-19-9-10-25(36)32(35)31(19)21)15-27(23)39-34(24(33)16-38)44-18-20-7-5-12-40(20)2/h3-4,6,8-10,14-15,20,28-29H,1,5,7,11-13,17-18H2,2H3/t20-,28+,29+/m0/s1. The molecule has 7 rings (SSSR count). The van der Waals surface area contributed by atoms with Gasteiger partial charge in [-0.05, 0) is 68.1 Å². The Morgan fingerprint density at radius 2 is 2.00 bits per heavy atom. The van der Waals surface area contributed by atoms with Crippen molar-refractivity contribution in [1.82, 2.24) is 14.8 Å². The maximum atomic E-state index is 16.2. The molecular weight excluding hydrogens is 584 g/mol. The van der Waals surface area contributed by atoms with E-state index in [9.17, 15) is 14.4 Å². The van der Waals surface area contributed by atoms with Gasteiger partial charge in [0.05, 0.1) is 28.3 Å². The summed E-state index contributed by atoms with van der Waals surface area (Å²) in [6, 6.07) is 13.6. The van der Waals surface area contributed by atoms with E-state index in [4.69, 9.17) is 21.3 Å². The third kappa shape index (κ3) is 4.47. The second kappa shape index (κ2) is 11.0. The normalized spacial score (nSPS) is 21.4. The van der Waals surface area contributed by atoms with Gasteiger partial charge in [-0.3, -0.25) is 4.79 Å². The topological polar surface area (TPSA) is 72.7 Å². The minimum Gasteiger partial charge on any atom is -0.475 e. The van der Waals surface area contributed by atoms with Gasteiger partial charge in [-0.25, -0.2) is 13.8 Å². The Morgan fingerprint density at radius 1 is 1.16 bits per heavy atom. The van der Waals surface area contributed by atoms with Crippen LogP contribution in [0.15, 0.2) is 55.1 Å². The predicted molar refractivity (Wildman–Crippen MR) is 167 cm³/mol. The Balaban J connectivity index is 1.39. The van der Waals surface area contributed by atoms with Crippen molar-refractivity contribution in [2.45, 2.75) is 37.4 Å². The Labute approximate surface area is 258 Å². The number of likely N-dealkylation sites (tertiary alicyclic amines) is 2. The highest BCUT2D eigenvalue weighted by molar-refractivity contribution is 6.37. The molecule has 0 spiro atoms. The first-order valence-electron chi connectivity index (χ1n) is 14.8. The van der Waals surface area contributed by atoms with Gasteiger partial charge in [-0.15, -0.1) is 0 Å². The molecule has 10 heteroatoms. The fraction of sp³-hybridized carbons (Fsp3) is 0.324. The Kier molecular flexibility index (Phi) is 7.14. The van der Waals surface area contributed by atoms with Gasteiger partial charge in [-0.2, -0.15) is 5.26 Å². The van der Waals surface area contributed by atoms with Crippen LogP contribution >= 0.6 is 11.6 Å². The number of carbonyl (C=O) groups excluding carboxylic acids is 1. The molecule has 3 saturated heterocycles. The summed E-state index contributed by atoms with van der Waals surface area (Å²) in [4.78, 5) is 23.3. The molecule has 4 aromatic rings. The van der Waals surface area contributed by atoms with E-state index in [1.165, 1.54) is 18.2 Å². The minimum atomic E-state index is -0.590. The first kappa shape index (κ1) is 28.5. The fourth-order valence-electron chi connectivity index (χ4n) is 7.12. The molecule has 3 aliphatic rings. The zero-order chi connectivity index (χ0) is 30.7. The van der Waals surface area contributed by atoms with Crippen LogP contribution in [0.1, 0.15) is 24.8 Å². The highest BCUT2D eigenvalue weighted by Gasteiger charge is 2.49. The van der Waals surface area contributed by atoms with Gasteiger partial charge in [0, 0.05) is 35.5 Å². The maximum Gasteiger partial charge on any atom is 0.246 e. The molecule has 44 heavy (non-hydrogen) atoms.